The van der Waals surface area contributed by atoms with Crippen LogP contribution in [0, 0.1) is 6.92 Å². The summed E-state index contributed by atoms with van der Waals surface area (Å²) in [5.74, 6) is -46.7. The Bertz CT molecular complexity index is 936. The minimum absolute atomic E-state index is 0.0483. The van der Waals surface area contributed by atoms with Gasteiger partial charge in [-0.2, -0.15) is 65.9 Å². The molecule has 214 valence electrons. The SMILES string of the molecule is C[N-]c1c(C)cccc1C=NCC(F)(F)C(F)(F)C(F)(F)C(F)(F)C(F)(F)C(F)(F)C(F)(F)F.[Cl][Ti][Cl]. The first-order valence-corrected chi connectivity index (χ1v) is 13.1. The van der Waals surface area contributed by atoms with Crippen molar-refractivity contribution in [1.82, 2.24) is 0 Å². The molecule has 0 amide bonds. The zero-order valence-corrected chi connectivity index (χ0v) is 20.9. The number of rotatable bonds is 9. The number of halogens is 17. The summed E-state index contributed by atoms with van der Waals surface area (Å²) in [6, 6.07) is 3.86. The molecule has 0 saturated carbocycles. The second kappa shape index (κ2) is 12.0. The molecule has 0 unspecified atom stereocenters. The summed E-state index contributed by atoms with van der Waals surface area (Å²) in [4.78, 5) is 2.67. The van der Waals surface area contributed by atoms with Crippen molar-refractivity contribution in [3.8, 4) is 0 Å². The summed E-state index contributed by atoms with van der Waals surface area (Å²) in [5.41, 5.74) is 0.282. The van der Waals surface area contributed by atoms with E-state index < -0.39 is 65.3 Å². The van der Waals surface area contributed by atoms with E-state index in [2.05, 4.69) is 10.3 Å². The van der Waals surface area contributed by atoms with E-state index in [1.54, 1.807) is 0 Å². The zero-order chi connectivity index (χ0) is 29.9. The number of nitrogens with zero attached hydrogens (tertiary/aromatic N) is 2. The molecule has 0 fully saturated rings. The third-order valence-electron chi connectivity index (χ3n) is 4.41. The van der Waals surface area contributed by atoms with Gasteiger partial charge in [0.2, 0.25) is 0 Å². The van der Waals surface area contributed by atoms with Crippen LogP contribution < -0.4 is 0 Å². The maximum atomic E-state index is 13.8. The van der Waals surface area contributed by atoms with Gasteiger partial charge in [-0.15, -0.1) is 12.7 Å². The predicted octanol–water partition coefficient (Wildman–Crippen LogP) is 8.80. The van der Waals surface area contributed by atoms with Gasteiger partial charge in [-0.3, -0.25) is 4.99 Å². The standard InChI is InChI=1S/C17H12F15N2.2ClH.Ti/c1-8-4-3-5-9(10(8)33-2)6-34-7-11(18,19)12(20,21)13(22,23)14(24,25)15(26,27)16(28,29)17(30,31)32;;;/h3-6H,7H2,1-2H3;2*1H;/q-1;;;+2/p-2. The van der Waals surface area contributed by atoms with Crippen molar-refractivity contribution in [2.24, 2.45) is 4.99 Å². The van der Waals surface area contributed by atoms with Crippen LogP contribution in [0.1, 0.15) is 11.1 Å². The van der Waals surface area contributed by atoms with Crippen LogP contribution >= 0.6 is 18.6 Å². The average molecular weight is 648 g/mol. The van der Waals surface area contributed by atoms with Gasteiger partial charge < -0.3 is 5.32 Å². The van der Waals surface area contributed by atoms with E-state index in [0.29, 0.717) is 11.8 Å². The van der Waals surface area contributed by atoms with E-state index in [1.165, 1.54) is 26.1 Å². The van der Waals surface area contributed by atoms with E-state index in [1.807, 2.05) is 0 Å². The van der Waals surface area contributed by atoms with Crippen molar-refractivity contribution in [2.75, 3.05) is 13.6 Å². The van der Waals surface area contributed by atoms with Crippen LogP contribution in [0.5, 0.6) is 0 Å². The average Bonchev–Trinajstić information content (AvgIpc) is 2.72. The number of alkyl halides is 15. The summed E-state index contributed by atoms with van der Waals surface area (Å²) in [6.45, 7) is -1.33. The van der Waals surface area contributed by atoms with Crippen LogP contribution in [-0.2, 0) is 17.0 Å². The molecule has 37 heavy (non-hydrogen) atoms. The maximum absolute atomic E-state index is 13.8. The van der Waals surface area contributed by atoms with E-state index >= 15 is 0 Å². The number of hydrogen-bond donors (Lipinski definition) is 0. The summed E-state index contributed by atoms with van der Waals surface area (Å²) in [7, 11) is 11.0. The fraction of sp³-hybridized carbons (Fsp3) is 0.588. The van der Waals surface area contributed by atoms with Crippen molar-refractivity contribution < 1.29 is 82.9 Å². The third kappa shape index (κ3) is 6.57. The number of aliphatic imine (C=N–C) groups is 1. The zero-order valence-electron chi connectivity index (χ0n) is 17.8. The second-order valence-electron chi connectivity index (χ2n) is 6.85. The summed E-state index contributed by atoms with van der Waals surface area (Å²) in [6.07, 6.45) is -7.27. The summed E-state index contributed by atoms with van der Waals surface area (Å²) >= 11 is -0.556. The van der Waals surface area contributed by atoms with Crippen molar-refractivity contribution in [3.63, 3.8) is 0 Å². The molecule has 0 heterocycles. The van der Waals surface area contributed by atoms with E-state index in [9.17, 15) is 65.9 Å². The molecule has 0 N–H and O–H groups in total. The first-order valence-electron chi connectivity index (χ1n) is 8.84. The van der Waals surface area contributed by atoms with Crippen LogP contribution in [0.25, 0.3) is 5.32 Å². The molecule has 20 heteroatoms. The Morgan fingerprint density at radius 3 is 1.57 bits per heavy atom. The molecule has 2 nitrogen and oxygen atoms in total. The molecule has 0 aliphatic carbocycles. The summed E-state index contributed by atoms with van der Waals surface area (Å²) < 4.78 is 197. The van der Waals surface area contributed by atoms with Crippen molar-refractivity contribution in [2.45, 2.75) is 48.6 Å². The third-order valence-corrected chi connectivity index (χ3v) is 4.41. The summed E-state index contributed by atoms with van der Waals surface area (Å²) in [5, 5.41) is 3.68. The molecule has 1 aromatic carbocycles. The molecule has 1 aromatic rings. The van der Waals surface area contributed by atoms with Crippen molar-refractivity contribution in [3.05, 3.63) is 34.6 Å². The van der Waals surface area contributed by atoms with Gasteiger partial charge in [0, 0.05) is 6.21 Å². The van der Waals surface area contributed by atoms with E-state index in [-0.39, 0.29) is 11.3 Å². The van der Waals surface area contributed by atoms with Crippen molar-refractivity contribution in [1.29, 1.82) is 0 Å². The van der Waals surface area contributed by atoms with Gasteiger partial charge in [0.1, 0.15) is 6.54 Å². The number of hydrogen-bond acceptors (Lipinski definition) is 1. The van der Waals surface area contributed by atoms with Gasteiger partial charge in [-0.1, -0.05) is 23.8 Å². The van der Waals surface area contributed by atoms with E-state index in [4.69, 9.17) is 18.6 Å². The molecular weight excluding hydrogens is 636 g/mol. The van der Waals surface area contributed by atoms with Crippen LogP contribution in [-0.4, -0.2) is 61.5 Å². The van der Waals surface area contributed by atoms with Crippen LogP contribution in [0.3, 0.4) is 0 Å². The van der Waals surface area contributed by atoms with E-state index in [0.717, 1.165) is 6.07 Å². The topological polar surface area (TPSA) is 26.5 Å². The molecule has 0 aliphatic rings. The fourth-order valence-corrected chi connectivity index (χ4v) is 2.45. The Hall–Kier alpha value is -1.07. The number of para-hydroxylation sites is 1. The van der Waals surface area contributed by atoms with Gasteiger partial charge in [0.25, 0.3) is 0 Å². The van der Waals surface area contributed by atoms with Crippen LogP contribution in [0.4, 0.5) is 71.5 Å². The monoisotopic (exact) mass is 647 g/mol. The van der Waals surface area contributed by atoms with Gasteiger partial charge in [-0.05, 0) is 12.5 Å². The molecule has 0 aromatic heterocycles. The molecule has 0 saturated heterocycles. The van der Waals surface area contributed by atoms with Crippen LogP contribution in [0.2, 0.25) is 0 Å². The first-order chi connectivity index (χ1) is 16.4. The number of benzene rings is 1. The van der Waals surface area contributed by atoms with Gasteiger partial charge >= 0.3 is 77.4 Å². The predicted molar refractivity (Wildman–Crippen MR) is 100 cm³/mol. The Morgan fingerprint density at radius 1 is 0.757 bits per heavy atom. The van der Waals surface area contributed by atoms with Crippen molar-refractivity contribution >= 4 is 30.5 Å². The first kappa shape index (κ1) is 35.9. The second-order valence-corrected chi connectivity index (χ2v) is 9.43. The normalized spacial score (nSPS) is 14.4. The Kier molecular flexibility index (Phi) is 11.6. The van der Waals surface area contributed by atoms with Gasteiger partial charge in [0.15, 0.2) is 0 Å². The van der Waals surface area contributed by atoms with Gasteiger partial charge in [-0.25, -0.2) is 0 Å². The number of aryl methyl sites for hydroxylation is 1. The molecule has 0 radical (unpaired) electrons. The Morgan fingerprint density at radius 2 is 1.16 bits per heavy atom. The molecule has 0 aliphatic heterocycles. The fourth-order valence-electron chi connectivity index (χ4n) is 2.45. The Balaban J connectivity index is 0.00000410. The van der Waals surface area contributed by atoms with Gasteiger partial charge in [0.05, 0.1) is 0 Å². The molecular formula is C17H12Cl2F15N2Ti-. The quantitative estimate of drug-likeness (QED) is 0.146. The minimum atomic E-state index is -8.31. The molecule has 0 bridgehead atoms. The molecule has 0 spiro atoms. The molecule has 0 atom stereocenters. The molecule has 1 rings (SSSR count). The van der Waals surface area contributed by atoms with Crippen LogP contribution in [0.15, 0.2) is 23.2 Å². The Labute approximate surface area is 215 Å².